The van der Waals surface area contributed by atoms with Gasteiger partial charge in [0.1, 0.15) is 0 Å². The van der Waals surface area contributed by atoms with E-state index in [0.29, 0.717) is 0 Å². The second-order valence-corrected chi connectivity index (χ2v) is 1.74. The van der Waals surface area contributed by atoms with Crippen molar-refractivity contribution >= 4 is 0 Å². The monoisotopic (exact) mass is 156 g/mol. The zero-order valence-corrected chi connectivity index (χ0v) is 6.86. The van der Waals surface area contributed by atoms with E-state index in [-0.39, 0.29) is 18.6 Å². The average Bonchev–Trinajstić information content (AvgIpc) is 1.90. The summed E-state index contributed by atoms with van der Waals surface area (Å²) in [6.07, 6.45) is 1.08. The molecule has 0 aliphatic heterocycles. The van der Waals surface area contributed by atoms with Crippen LogP contribution in [-0.2, 0) is 25.0 Å². The van der Waals surface area contributed by atoms with E-state index in [2.05, 4.69) is 19.1 Å². The van der Waals surface area contributed by atoms with E-state index < -0.39 is 0 Å². The van der Waals surface area contributed by atoms with Gasteiger partial charge in [-0.3, -0.25) is 0 Å². The Hall–Kier alpha value is -0.196. The van der Waals surface area contributed by atoms with Gasteiger partial charge in [-0.1, -0.05) is 13.3 Å². The molecule has 0 N–H and O–H groups in total. The maximum atomic E-state index is 3.12. The number of benzene rings is 1. The van der Waals surface area contributed by atoms with Gasteiger partial charge in [0.05, 0.1) is 0 Å². The summed E-state index contributed by atoms with van der Waals surface area (Å²) in [5, 5.41) is 0. The minimum absolute atomic E-state index is 0. The van der Waals surface area contributed by atoms with Crippen LogP contribution < -0.4 is 0 Å². The van der Waals surface area contributed by atoms with Crippen molar-refractivity contribution in [3.8, 4) is 0 Å². The quantitative estimate of drug-likeness (QED) is 0.546. The molecular weight excluding hydrogens is 147 g/mol. The van der Waals surface area contributed by atoms with Crippen molar-refractivity contribution in [1.82, 2.24) is 0 Å². The van der Waals surface area contributed by atoms with E-state index in [0.717, 1.165) is 6.42 Å². The molecule has 45 valence electrons. The van der Waals surface area contributed by atoms with E-state index in [4.69, 9.17) is 0 Å². The normalized spacial score (nSPS) is 8.11. The standard InChI is InChI=1S/C8H9.V/c1-2-8-6-4-3-5-7-8;/h3-6H,2H2,1H3;/q-1;+2. The topological polar surface area (TPSA) is 0 Å². The molecule has 1 aromatic rings. The zero-order chi connectivity index (χ0) is 5.82. The second kappa shape index (κ2) is 4.66. The van der Waals surface area contributed by atoms with Gasteiger partial charge in [0.15, 0.2) is 0 Å². The van der Waals surface area contributed by atoms with E-state index in [1.807, 2.05) is 18.2 Å². The zero-order valence-electron chi connectivity index (χ0n) is 5.46. The van der Waals surface area contributed by atoms with E-state index >= 15 is 0 Å². The number of aryl methyl sites for hydroxylation is 1. The molecule has 0 nitrogen and oxygen atoms in total. The summed E-state index contributed by atoms with van der Waals surface area (Å²) in [6, 6.07) is 11.2. The van der Waals surface area contributed by atoms with Gasteiger partial charge in [0.25, 0.3) is 0 Å². The van der Waals surface area contributed by atoms with Crippen molar-refractivity contribution in [3.05, 3.63) is 35.9 Å². The van der Waals surface area contributed by atoms with Crippen LogP contribution in [0.15, 0.2) is 24.3 Å². The van der Waals surface area contributed by atoms with Gasteiger partial charge in [-0.25, -0.2) is 0 Å². The Morgan fingerprint density at radius 3 is 2.56 bits per heavy atom. The third-order valence-electron chi connectivity index (χ3n) is 1.15. The molecular formula is C8H9V+. The van der Waals surface area contributed by atoms with Crippen molar-refractivity contribution in [2.45, 2.75) is 13.3 Å². The van der Waals surface area contributed by atoms with Crippen LogP contribution >= 0.6 is 0 Å². The largest absolute Gasteiger partial charge is 2.00 e. The first-order chi connectivity index (χ1) is 3.93. The molecule has 0 saturated carbocycles. The van der Waals surface area contributed by atoms with Crippen molar-refractivity contribution in [1.29, 1.82) is 0 Å². The van der Waals surface area contributed by atoms with Gasteiger partial charge in [-0.05, 0) is 0 Å². The Morgan fingerprint density at radius 2 is 2.22 bits per heavy atom. The van der Waals surface area contributed by atoms with Gasteiger partial charge in [0, 0.05) is 0 Å². The fraction of sp³-hybridized carbons (Fsp3) is 0.250. The van der Waals surface area contributed by atoms with Gasteiger partial charge < -0.3 is 0 Å². The third-order valence-corrected chi connectivity index (χ3v) is 1.15. The van der Waals surface area contributed by atoms with Gasteiger partial charge in [0.2, 0.25) is 0 Å². The first kappa shape index (κ1) is 8.80. The molecule has 0 spiro atoms. The first-order valence-electron chi connectivity index (χ1n) is 2.89. The molecule has 0 bridgehead atoms. The van der Waals surface area contributed by atoms with Crippen LogP contribution in [0.2, 0.25) is 0 Å². The Balaban J connectivity index is 0.000000640. The smallest absolute Gasteiger partial charge is 0.180 e. The van der Waals surface area contributed by atoms with Crippen molar-refractivity contribution < 1.29 is 18.6 Å². The van der Waals surface area contributed by atoms with Crippen LogP contribution in [0.3, 0.4) is 0 Å². The molecule has 0 aliphatic rings. The Kier molecular flexibility index (Phi) is 4.56. The summed E-state index contributed by atoms with van der Waals surface area (Å²) in [5.74, 6) is 0. The fourth-order valence-electron chi connectivity index (χ4n) is 0.650. The molecule has 0 fully saturated rings. The predicted octanol–water partition coefficient (Wildman–Crippen LogP) is 2.05. The van der Waals surface area contributed by atoms with Crippen LogP contribution in [0, 0.1) is 6.07 Å². The fourth-order valence-corrected chi connectivity index (χ4v) is 0.650. The van der Waals surface area contributed by atoms with Crippen LogP contribution in [0.25, 0.3) is 0 Å². The molecule has 1 aromatic carbocycles. The number of hydrogen-bond donors (Lipinski definition) is 0. The summed E-state index contributed by atoms with van der Waals surface area (Å²) in [5.41, 5.74) is 1.28. The van der Waals surface area contributed by atoms with Gasteiger partial charge in [-0.2, -0.15) is 35.9 Å². The Bertz CT molecular complexity index is 146. The predicted molar refractivity (Wildman–Crippen MR) is 34.7 cm³/mol. The molecule has 0 saturated heterocycles. The molecule has 0 atom stereocenters. The molecule has 0 amide bonds. The Labute approximate surface area is 68.2 Å². The van der Waals surface area contributed by atoms with Gasteiger partial charge in [-0.15, -0.1) is 0 Å². The first-order valence-corrected chi connectivity index (χ1v) is 2.89. The van der Waals surface area contributed by atoms with E-state index in [1.165, 1.54) is 5.56 Å². The second-order valence-electron chi connectivity index (χ2n) is 1.74. The summed E-state index contributed by atoms with van der Waals surface area (Å²) in [4.78, 5) is 0. The SMILES string of the molecule is CCc1[c-]cccc1.[V+2]. The van der Waals surface area contributed by atoms with Crippen molar-refractivity contribution in [3.63, 3.8) is 0 Å². The van der Waals surface area contributed by atoms with E-state index in [9.17, 15) is 0 Å². The molecule has 9 heavy (non-hydrogen) atoms. The van der Waals surface area contributed by atoms with E-state index in [1.54, 1.807) is 0 Å². The number of rotatable bonds is 1. The van der Waals surface area contributed by atoms with Crippen LogP contribution in [0.1, 0.15) is 12.5 Å². The third kappa shape index (κ3) is 2.74. The number of hydrogen-bond acceptors (Lipinski definition) is 0. The van der Waals surface area contributed by atoms with Gasteiger partial charge >= 0.3 is 18.6 Å². The summed E-state index contributed by atoms with van der Waals surface area (Å²) in [7, 11) is 0. The molecule has 0 aliphatic carbocycles. The molecule has 0 aromatic heterocycles. The maximum Gasteiger partial charge on any atom is 2.00 e. The van der Waals surface area contributed by atoms with Crippen molar-refractivity contribution in [2.24, 2.45) is 0 Å². The molecule has 0 unspecified atom stereocenters. The van der Waals surface area contributed by atoms with Crippen LogP contribution in [0.5, 0.6) is 0 Å². The Morgan fingerprint density at radius 1 is 1.44 bits per heavy atom. The van der Waals surface area contributed by atoms with Crippen LogP contribution in [0.4, 0.5) is 0 Å². The van der Waals surface area contributed by atoms with Crippen LogP contribution in [-0.4, -0.2) is 0 Å². The maximum absolute atomic E-state index is 3.12. The molecule has 1 heteroatoms. The minimum atomic E-state index is 0. The summed E-state index contributed by atoms with van der Waals surface area (Å²) in [6.45, 7) is 2.13. The molecule has 1 radical (unpaired) electrons. The molecule has 0 heterocycles. The minimum Gasteiger partial charge on any atom is -0.180 e. The average molecular weight is 156 g/mol. The summed E-state index contributed by atoms with van der Waals surface area (Å²) < 4.78 is 0. The van der Waals surface area contributed by atoms with Crippen molar-refractivity contribution in [2.75, 3.05) is 0 Å². The summed E-state index contributed by atoms with van der Waals surface area (Å²) >= 11 is 0. The molecule has 1 rings (SSSR count).